The van der Waals surface area contributed by atoms with Crippen LogP contribution in [0.15, 0.2) is 42.5 Å². The third-order valence-corrected chi connectivity index (χ3v) is 5.04. The predicted octanol–water partition coefficient (Wildman–Crippen LogP) is 4.56. The lowest BCUT2D eigenvalue weighted by Crippen LogP contribution is -2.25. The van der Waals surface area contributed by atoms with Crippen LogP contribution in [0.5, 0.6) is 17.2 Å². The first-order chi connectivity index (χ1) is 13.8. The maximum Gasteiger partial charge on any atom is 0.573 e. The number of nitrogens with zero attached hydrogens (tertiary/aromatic N) is 1. The number of hydrogen-bond donors (Lipinski definition) is 0. The molecule has 0 N–H and O–H groups in total. The van der Waals surface area contributed by atoms with Crippen molar-refractivity contribution < 1.29 is 32.1 Å². The summed E-state index contributed by atoms with van der Waals surface area (Å²) in [6.45, 7) is 1.22. The van der Waals surface area contributed by atoms with Crippen LogP contribution >= 0.6 is 0 Å². The van der Waals surface area contributed by atoms with Gasteiger partial charge in [0.15, 0.2) is 0 Å². The Bertz CT molecular complexity index is 788. The number of alkyl halides is 3. The second-order valence-corrected chi connectivity index (χ2v) is 6.81. The minimum Gasteiger partial charge on any atom is -0.496 e. The lowest BCUT2D eigenvalue weighted by atomic mass is 10.0. The third-order valence-electron chi connectivity index (χ3n) is 5.04. The summed E-state index contributed by atoms with van der Waals surface area (Å²) in [5.41, 5.74) is 1.81. The Morgan fingerprint density at radius 2 is 1.59 bits per heavy atom. The smallest absolute Gasteiger partial charge is 0.496 e. The first-order valence-electron chi connectivity index (χ1n) is 9.17. The van der Waals surface area contributed by atoms with Gasteiger partial charge in [-0.3, -0.25) is 4.90 Å². The van der Waals surface area contributed by atoms with Crippen molar-refractivity contribution in [2.75, 3.05) is 27.9 Å². The number of hydrogen-bond acceptors (Lipinski definition) is 5. The minimum absolute atomic E-state index is 0.0165. The van der Waals surface area contributed by atoms with Crippen LogP contribution in [0, 0.1) is 0 Å². The van der Waals surface area contributed by atoms with Crippen molar-refractivity contribution in [3.8, 4) is 17.2 Å². The van der Waals surface area contributed by atoms with Gasteiger partial charge in [0, 0.05) is 26.2 Å². The highest BCUT2D eigenvalue weighted by atomic mass is 19.4. The molecule has 2 aromatic carbocycles. The molecule has 1 aliphatic rings. The van der Waals surface area contributed by atoms with E-state index in [1.165, 1.54) is 12.1 Å². The van der Waals surface area contributed by atoms with Crippen molar-refractivity contribution in [3.05, 3.63) is 53.6 Å². The molecule has 2 aromatic rings. The lowest BCUT2D eigenvalue weighted by Gasteiger charge is -2.27. The molecule has 0 amide bonds. The van der Waals surface area contributed by atoms with Crippen LogP contribution in [-0.2, 0) is 11.3 Å². The molecule has 1 aliphatic heterocycles. The summed E-state index contributed by atoms with van der Waals surface area (Å²) in [6.07, 6.45) is -3.92. The monoisotopic (exact) mass is 411 g/mol. The highest BCUT2D eigenvalue weighted by Gasteiger charge is 2.36. The van der Waals surface area contributed by atoms with E-state index in [0.717, 1.165) is 29.0 Å². The molecule has 158 valence electrons. The molecule has 0 saturated carbocycles. The number of benzene rings is 2. The van der Waals surface area contributed by atoms with Crippen LogP contribution in [0.3, 0.4) is 0 Å². The van der Waals surface area contributed by atoms with Crippen LogP contribution in [-0.4, -0.2) is 45.2 Å². The van der Waals surface area contributed by atoms with E-state index in [0.29, 0.717) is 13.1 Å². The highest BCUT2D eigenvalue weighted by molar-refractivity contribution is 5.47. The fraction of sp³-hybridized carbons (Fsp3) is 0.429. The second kappa shape index (κ2) is 8.92. The predicted molar refractivity (Wildman–Crippen MR) is 101 cm³/mol. The topological polar surface area (TPSA) is 40.2 Å². The summed E-state index contributed by atoms with van der Waals surface area (Å²) in [7, 11) is 4.91. The molecule has 0 aromatic heterocycles. The van der Waals surface area contributed by atoms with Gasteiger partial charge in [0.2, 0.25) is 0 Å². The summed E-state index contributed by atoms with van der Waals surface area (Å²) in [5, 5.41) is 0. The van der Waals surface area contributed by atoms with E-state index in [-0.39, 0.29) is 17.9 Å². The zero-order valence-electron chi connectivity index (χ0n) is 16.5. The molecule has 2 atom stereocenters. The van der Waals surface area contributed by atoms with Crippen molar-refractivity contribution in [2.45, 2.75) is 31.5 Å². The van der Waals surface area contributed by atoms with E-state index < -0.39 is 6.36 Å². The average Bonchev–Trinajstić information content (AvgIpc) is 3.10. The van der Waals surface area contributed by atoms with E-state index in [2.05, 4.69) is 9.64 Å². The maximum absolute atomic E-state index is 12.4. The molecule has 1 fully saturated rings. The molecule has 5 nitrogen and oxygen atoms in total. The molecule has 0 radical (unpaired) electrons. The van der Waals surface area contributed by atoms with Crippen molar-refractivity contribution in [3.63, 3.8) is 0 Å². The quantitative estimate of drug-likeness (QED) is 0.668. The van der Waals surface area contributed by atoms with Gasteiger partial charge < -0.3 is 18.9 Å². The molecule has 1 heterocycles. The fourth-order valence-corrected chi connectivity index (χ4v) is 3.75. The molecular weight excluding hydrogens is 387 g/mol. The van der Waals surface area contributed by atoms with E-state index in [1.54, 1.807) is 33.5 Å². The first kappa shape index (κ1) is 21.3. The molecule has 1 saturated heterocycles. The lowest BCUT2D eigenvalue weighted by molar-refractivity contribution is -0.274. The Morgan fingerprint density at radius 1 is 0.966 bits per heavy atom. The normalized spacial score (nSPS) is 19.9. The molecule has 0 unspecified atom stereocenters. The Hall–Kier alpha value is -2.45. The van der Waals surface area contributed by atoms with Crippen molar-refractivity contribution in [2.24, 2.45) is 0 Å². The summed E-state index contributed by atoms with van der Waals surface area (Å²) in [6, 6.07) is 11.6. The highest BCUT2D eigenvalue weighted by Crippen LogP contribution is 2.43. The summed E-state index contributed by atoms with van der Waals surface area (Å²) < 4.78 is 57.7. The molecule has 0 bridgehead atoms. The van der Waals surface area contributed by atoms with Gasteiger partial charge >= 0.3 is 6.36 Å². The zero-order chi connectivity index (χ0) is 21.0. The maximum atomic E-state index is 12.4. The van der Waals surface area contributed by atoms with E-state index >= 15 is 0 Å². The largest absolute Gasteiger partial charge is 0.573 e. The number of rotatable bonds is 7. The van der Waals surface area contributed by atoms with Crippen LogP contribution in [0.25, 0.3) is 0 Å². The fourth-order valence-electron chi connectivity index (χ4n) is 3.75. The van der Waals surface area contributed by atoms with E-state index in [9.17, 15) is 13.2 Å². The van der Waals surface area contributed by atoms with Crippen molar-refractivity contribution in [1.29, 1.82) is 0 Å². The van der Waals surface area contributed by atoms with E-state index in [4.69, 9.17) is 14.2 Å². The number of methoxy groups -OCH3 is 3. The zero-order valence-corrected chi connectivity index (χ0v) is 16.5. The number of likely N-dealkylation sites (tertiary alicyclic amines) is 1. The molecule has 3 rings (SSSR count). The average molecular weight is 411 g/mol. The second-order valence-electron chi connectivity index (χ2n) is 6.81. The standard InChI is InChI=1S/C21H24F3NO4/c1-26-16-11-17(20-18(27-2)5-4-6-19(20)28-3)25(13-16)12-14-7-9-15(10-8-14)29-21(22,23)24/h4-10,16-17H,11-13H2,1-3H3/t16-,17-/m0/s1. The summed E-state index contributed by atoms with van der Waals surface area (Å²) >= 11 is 0. The SMILES string of the molecule is COc1cccc(OC)c1[C@@H]1C[C@H](OC)CN1Cc1ccc(OC(F)(F)F)cc1. The molecule has 29 heavy (non-hydrogen) atoms. The van der Waals surface area contributed by atoms with Crippen LogP contribution in [0.1, 0.15) is 23.6 Å². The van der Waals surface area contributed by atoms with Crippen molar-refractivity contribution in [1.82, 2.24) is 4.90 Å². The van der Waals surface area contributed by atoms with Gasteiger partial charge in [-0.15, -0.1) is 13.2 Å². The Labute approximate surface area is 167 Å². The number of halogens is 3. The van der Waals surface area contributed by atoms with Crippen LogP contribution < -0.4 is 14.2 Å². The van der Waals surface area contributed by atoms with E-state index in [1.807, 2.05) is 18.2 Å². The molecule has 0 spiro atoms. The van der Waals surface area contributed by atoms with Crippen LogP contribution in [0.2, 0.25) is 0 Å². The Balaban J connectivity index is 1.84. The Morgan fingerprint density at radius 3 is 2.10 bits per heavy atom. The van der Waals surface area contributed by atoms with Gasteiger partial charge in [-0.05, 0) is 36.2 Å². The molecular formula is C21H24F3NO4. The molecule has 8 heteroatoms. The molecule has 0 aliphatic carbocycles. The van der Waals surface area contributed by atoms with Crippen molar-refractivity contribution >= 4 is 0 Å². The van der Waals surface area contributed by atoms with Crippen LogP contribution in [0.4, 0.5) is 13.2 Å². The van der Waals surface area contributed by atoms with Gasteiger partial charge in [-0.1, -0.05) is 18.2 Å². The van der Waals surface area contributed by atoms with Gasteiger partial charge in [-0.25, -0.2) is 0 Å². The van der Waals surface area contributed by atoms with Gasteiger partial charge in [0.25, 0.3) is 0 Å². The Kier molecular flexibility index (Phi) is 6.54. The minimum atomic E-state index is -4.70. The van der Waals surface area contributed by atoms with Gasteiger partial charge in [-0.2, -0.15) is 0 Å². The summed E-state index contributed by atoms with van der Waals surface area (Å²) in [4.78, 5) is 2.22. The van der Waals surface area contributed by atoms with Gasteiger partial charge in [0.1, 0.15) is 17.2 Å². The van der Waals surface area contributed by atoms with Gasteiger partial charge in [0.05, 0.1) is 25.9 Å². The summed E-state index contributed by atoms with van der Waals surface area (Å²) in [5.74, 6) is 1.22. The first-order valence-corrected chi connectivity index (χ1v) is 9.17. The third kappa shape index (κ3) is 5.13. The number of ether oxygens (including phenoxy) is 4.